The van der Waals surface area contributed by atoms with Crippen LogP contribution < -0.4 is 10.5 Å². The van der Waals surface area contributed by atoms with Crippen molar-refractivity contribution in [3.8, 4) is 0 Å². The number of pyridine rings is 1. The van der Waals surface area contributed by atoms with E-state index >= 15 is 0 Å². The molecule has 23 heavy (non-hydrogen) atoms. The molecule has 1 unspecified atom stereocenters. The zero-order valence-electron chi connectivity index (χ0n) is 12.7. The third kappa shape index (κ3) is 2.28. The van der Waals surface area contributed by atoms with Gasteiger partial charge in [-0.3, -0.25) is 4.79 Å². The van der Waals surface area contributed by atoms with Crippen molar-refractivity contribution in [2.24, 2.45) is 0 Å². The lowest BCUT2D eigenvalue weighted by Crippen LogP contribution is -2.28. The fourth-order valence-corrected chi connectivity index (χ4v) is 3.22. The molecule has 1 aliphatic heterocycles. The number of hydrogen-bond donors (Lipinski definition) is 1. The second-order valence-corrected chi connectivity index (χ2v) is 5.84. The molecule has 1 N–H and O–H groups in total. The molecular weight excluding hydrogens is 297 g/mol. The highest BCUT2D eigenvalue weighted by molar-refractivity contribution is 5.53. The molecule has 4 heterocycles. The number of hydrogen-bond acceptors (Lipinski definition) is 4. The van der Waals surface area contributed by atoms with Gasteiger partial charge in [-0.15, -0.1) is 0 Å². The minimum atomic E-state index is -0.429. The van der Waals surface area contributed by atoms with Gasteiger partial charge < -0.3 is 9.88 Å². The number of rotatable bonds is 2. The topological polar surface area (TPSA) is 66.3 Å². The maximum atomic E-state index is 13.5. The normalized spacial score (nSPS) is 18.0. The molecule has 0 bridgehead atoms. The van der Waals surface area contributed by atoms with Crippen LogP contribution in [0.15, 0.2) is 35.5 Å². The summed E-state index contributed by atoms with van der Waals surface area (Å²) in [6.45, 7) is 2.74. The first-order valence-electron chi connectivity index (χ1n) is 7.59. The van der Waals surface area contributed by atoms with Crippen molar-refractivity contribution in [2.75, 3.05) is 11.4 Å². The van der Waals surface area contributed by atoms with Crippen molar-refractivity contribution < 1.29 is 4.39 Å². The Kier molecular flexibility index (Phi) is 3.14. The van der Waals surface area contributed by atoms with Crippen LogP contribution in [0.1, 0.15) is 30.0 Å². The van der Waals surface area contributed by atoms with Gasteiger partial charge in [0.15, 0.2) is 5.65 Å². The van der Waals surface area contributed by atoms with E-state index in [0.29, 0.717) is 5.56 Å². The van der Waals surface area contributed by atoms with E-state index in [1.807, 2.05) is 19.2 Å². The fourth-order valence-electron chi connectivity index (χ4n) is 3.22. The first kappa shape index (κ1) is 13.9. The molecule has 0 saturated carbocycles. The Morgan fingerprint density at radius 1 is 1.43 bits per heavy atom. The monoisotopic (exact) mass is 313 g/mol. The van der Waals surface area contributed by atoms with Gasteiger partial charge in [-0.1, -0.05) is 0 Å². The largest absolute Gasteiger partial charge is 0.349 e. The summed E-state index contributed by atoms with van der Waals surface area (Å²) in [5, 5.41) is 4.22. The molecule has 0 aliphatic carbocycles. The second-order valence-electron chi connectivity index (χ2n) is 5.84. The predicted molar refractivity (Wildman–Crippen MR) is 84.1 cm³/mol. The Morgan fingerprint density at radius 2 is 2.30 bits per heavy atom. The van der Waals surface area contributed by atoms with Crippen molar-refractivity contribution in [3.05, 3.63) is 58.0 Å². The Balaban J connectivity index is 1.78. The van der Waals surface area contributed by atoms with Gasteiger partial charge >= 0.3 is 0 Å². The average Bonchev–Trinajstić information content (AvgIpc) is 3.17. The molecule has 0 radical (unpaired) electrons. The van der Waals surface area contributed by atoms with Crippen LogP contribution in [0, 0.1) is 12.7 Å². The molecule has 6 nitrogen and oxygen atoms in total. The number of H-pyrrole nitrogens is 1. The van der Waals surface area contributed by atoms with Crippen LogP contribution in [0.3, 0.4) is 0 Å². The van der Waals surface area contributed by atoms with Crippen LogP contribution in [-0.4, -0.2) is 26.1 Å². The number of aryl methyl sites for hydroxylation is 1. The van der Waals surface area contributed by atoms with Crippen LogP contribution >= 0.6 is 0 Å². The third-order valence-corrected chi connectivity index (χ3v) is 4.33. The maximum absolute atomic E-state index is 13.5. The van der Waals surface area contributed by atoms with Gasteiger partial charge in [-0.05, 0) is 31.9 Å². The van der Waals surface area contributed by atoms with Crippen molar-refractivity contribution in [1.82, 2.24) is 19.6 Å². The Labute approximate surface area is 131 Å². The van der Waals surface area contributed by atoms with Crippen molar-refractivity contribution in [2.45, 2.75) is 25.8 Å². The standard InChI is InChI=1S/C16H16FN5O/c1-10-8-19-22-6-4-14(20-15(10)22)21-5-2-3-13(21)12-7-11(17)9-18-16(12)23/h4,6-9,13H,2-3,5H2,1H3,(H,18,23). The van der Waals surface area contributed by atoms with E-state index in [0.717, 1.165) is 42.6 Å². The highest BCUT2D eigenvalue weighted by Gasteiger charge is 2.29. The summed E-state index contributed by atoms with van der Waals surface area (Å²) in [6.07, 6.45) is 6.45. The SMILES string of the molecule is Cc1cnn2ccc(N3CCCC3c3cc(F)c[nH]c3=O)nc12. The van der Waals surface area contributed by atoms with Gasteiger partial charge in [-0.2, -0.15) is 5.10 Å². The number of anilines is 1. The van der Waals surface area contributed by atoms with E-state index in [9.17, 15) is 9.18 Å². The van der Waals surface area contributed by atoms with Crippen LogP contribution in [0.4, 0.5) is 10.2 Å². The molecule has 1 aliphatic rings. The molecule has 0 aromatic carbocycles. The average molecular weight is 313 g/mol. The minimum Gasteiger partial charge on any atom is -0.349 e. The van der Waals surface area contributed by atoms with E-state index in [1.54, 1.807) is 10.7 Å². The smallest absolute Gasteiger partial charge is 0.253 e. The Morgan fingerprint density at radius 3 is 3.17 bits per heavy atom. The second kappa shape index (κ2) is 5.19. The number of nitrogens with zero attached hydrogens (tertiary/aromatic N) is 4. The number of aromatic amines is 1. The van der Waals surface area contributed by atoms with E-state index in [2.05, 4.69) is 20.0 Å². The highest BCUT2D eigenvalue weighted by atomic mass is 19.1. The molecule has 118 valence electrons. The van der Waals surface area contributed by atoms with E-state index in [-0.39, 0.29) is 11.6 Å². The van der Waals surface area contributed by atoms with Crippen LogP contribution in [-0.2, 0) is 0 Å². The van der Waals surface area contributed by atoms with Crippen LogP contribution in [0.5, 0.6) is 0 Å². The van der Waals surface area contributed by atoms with Crippen LogP contribution in [0.2, 0.25) is 0 Å². The van der Waals surface area contributed by atoms with Gasteiger partial charge in [0, 0.05) is 30.1 Å². The quantitative estimate of drug-likeness (QED) is 0.788. The lowest BCUT2D eigenvalue weighted by molar-refractivity contribution is 0.607. The summed E-state index contributed by atoms with van der Waals surface area (Å²) in [5.41, 5.74) is 1.99. The Hall–Kier alpha value is -2.70. The summed E-state index contributed by atoms with van der Waals surface area (Å²) < 4.78 is 15.3. The van der Waals surface area contributed by atoms with Gasteiger partial charge in [0.1, 0.15) is 11.6 Å². The van der Waals surface area contributed by atoms with E-state index in [1.165, 1.54) is 6.07 Å². The lowest BCUT2D eigenvalue weighted by Gasteiger charge is -2.25. The van der Waals surface area contributed by atoms with Crippen molar-refractivity contribution in [1.29, 1.82) is 0 Å². The molecule has 3 aromatic heterocycles. The van der Waals surface area contributed by atoms with Crippen LogP contribution in [0.25, 0.3) is 5.65 Å². The van der Waals surface area contributed by atoms with Gasteiger partial charge in [0.2, 0.25) is 0 Å². The molecular formula is C16H16FN5O. The summed E-state index contributed by atoms with van der Waals surface area (Å²) in [7, 11) is 0. The van der Waals surface area contributed by atoms with Gasteiger partial charge in [0.25, 0.3) is 5.56 Å². The molecule has 4 rings (SSSR count). The first-order chi connectivity index (χ1) is 11.1. The molecule has 3 aromatic rings. The summed E-state index contributed by atoms with van der Waals surface area (Å²) in [5.74, 6) is 0.355. The van der Waals surface area contributed by atoms with E-state index < -0.39 is 5.82 Å². The van der Waals surface area contributed by atoms with Gasteiger partial charge in [-0.25, -0.2) is 13.9 Å². The minimum absolute atomic E-state index is 0.160. The molecule has 0 spiro atoms. The van der Waals surface area contributed by atoms with Gasteiger partial charge in [0.05, 0.1) is 12.2 Å². The molecule has 1 fully saturated rings. The highest BCUT2D eigenvalue weighted by Crippen LogP contribution is 2.34. The lowest BCUT2D eigenvalue weighted by atomic mass is 10.1. The summed E-state index contributed by atoms with van der Waals surface area (Å²) in [4.78, 5) is 21.3. The maximum Gasteiger partial charge on any atom is 0.253 e. The van der Waals surface area contributed by atoms with E-state index in [4.69, 9.17) is 0 Å². The predicted octanol–water partition coefficient (Wildman–Crippen LogP) is 2.21. The van der Waals surface area contributed by atoms with Crippen molar-refractivity contribution in [3.63, 3.8) is 0 Å². The number of fused-ring (bicyclic) bond motifs is 1. The number of aromatic nitrogens is 4. The third-order valence-electron chi connectivity index (χ3n) is 4.33. The number of nitrogens with one attached hydrogen (secondary N) is 1. The number of halogens is 1. The van der Waals surface area contributed by atoms with Crippen molar-refractivity contribution >= 4 is 11.5 Å². The molecule has 1 saturated heterocycles. The molecule has 1 atom stereocenters. The summed E-state index contributed by atoms with van der Waals surface area (Å²) in [6, 6.07) is 3.04. The molecule has 0 amide bonds. The first-order valence-corrected chi connectivity index (χ1v) is 7.59. The Bertz CT molecular complexity index is 932. The fraction of sp³-hybridized carbons (Fsp3) is 0.312. The molecule has 7 heteroatoms. The zero-order chi connectivity index (χ0) is 16.0. The summed E-state index contributed by atoms with van der Waals surface area (Å²) >= 11 is 0. The zero-order valence-corrected chi connectivity index (χ0v) is 12.7.